The van der Waals surface area contributed by atoms with Gasteiger partial charge in [0.2, 0.25) is 0 Å². The summed E-state index contributed by atoms with van der Waals surface area (Å²) in [6, 6.07) is 11.0. The van der Waals surface area contributed by atoms with E-state index in [1.807, 2.05) is 0 Å². The minimum Gasteiger partial charge on any atom is -0.369 e. The zero-order chi connectivity index (χ0) is 14.1. The number of fused-ring (bicyclic) bond motifs is 1. The molecule has 3 nitrogen and oxygen atoms in total. The summed E-state index contributed by atoms with van der Waals surface area (Å²) in [5.41, 5.74) is 2.49. The first-order chi connectivity index (χ1) is 9.66. The third kappa shape index (κ3) is 2.49. The molecule has 0 aliphatic carbocycles. The van der Waals surface area contributed by atoms with Crippen molar-refractivity contribution in [2.75, 3.05) is 11.9 Å². The molecule has 1 aliphatic heterocycles. The van der Waals surface area contributed by atoms with Crippen LogP contribution in [0.5, 0.6) is 0 Å². The predicted molar refractivity (Wildman–Crippen MR) is 86.2 cm³/mol. The van der Waals surface area contributed by atoms with Crippen LogP contribution in [0.2, 0.25) is 0 Å². The van der Waals surface area contributed by atoms with E-state index in [2.05, 4.69) is 70.1 Å². The second-order valence-electron chi connectivity index (χ2n) is 5.79. The highest BCUT2D eigenvalue weighted by atomic mass is 79.9. The number of nitrogens with one attached hydrogen (secondary N) is 1. The molecule has 1 aromatic carbocycles. The van der Waals surface area contributed by atoms with E-state index in [0.717, 1.165) is 35.4 Å². The number of halogens is 1. The fraction of sp³-hybridized carbons (Fsp3) is 0.438. The second-order valence-corrected chi connectivity index (χ2v) is 6.59. The molecule has 0 fully saturated rings. The van der Waals surface area contributed by atoms with E-state index in [4.69, 9.17) is 5.10 Å². The van der Waals surface area contributed by atoms with Crippen molar-refractivity contribution in [3.8, 4) is 0 Å². The third-order valence-corrected chi connectivity index (χ3v) is 4.54. The van der Waals surface area contributed by atoms with Gasteiger partial charge in [-0.1, -0.05) is 44.2 Å². The Labute approximate surface area is 128 Å². The van der Waals surface area contributed by atoms with Crippen molar-refractivity contribution in [2.45, 2.75) is 32.7 Å². The van der Waals surface area contributed by atoms with Gasteiger partial charge in [-0.25, -0.2) is 4.68 Å². The van der Waals surface area contributed by atoms with Gasteiger partial charge in [0.15, 0.2) is 0 Å². The van der Waals surface area contributed by atoms with Gasteiger partial charge in [-0.3, -0.25) is 0 Å². The molecule has 0 bridgehead atoms. The van der Waals surface area contributed by atoms with Crippen LogP contribution in [0.25, 0.3) is 0 Å². The van der Waals surface area contributed by atoms with Gasteiger partial charge in [0.25, 0.3) is 0 Å². The van der Waals surface area contributed by atoms with Crippen molar-refractivity contribution >= 4 is 21.7 Å². The lowest BCUT2D eigenvalue weighted by atomic mass is 10.0. The molecule has 0 saturated carbocycles. The Morgan fingerprint density at radius 1 is 1.35 bits per heavy atom. The molecule has 0 saturated heterocycles. The molecule has 2 heterocycles. The summed E-state index contributed by atoms with van der Waals surface area (Å²) in [7, 11) is 0. The average Bonchev–Trinajstić information content (AvgIpc) is 2.76. The summed E-state index contributed by atoms with van der Waals surface area (Å²) in [6.07, 6.45) is 2.08. The first-order valence-corrected chi connectivity index (χ1v) is 8.02. The minimum atomic E-state index is 0.338. The largest absolute Gasteiger partial charge is 0.369 e. The van der Waals surface area contributed by atoms with Crippen molar-refractivity contribution in [3.63, 3.8) is 0 Å². The SMILES string of the molecule is CC(C)Cc1nn2c(c1Br)NCCC2c1ccccc1. The molecule has 0 radical (unpaired) electrons. The van der Waals surface area contributed by atoms with Crippen LogP contribution in [0.1, 0.15) is 37.6 Å². The molecular weight excluding hydrogens is 314 g/mol. The van der Waals surface area contributed by atoms with E-state index in [1.165, 1.54) is 5.56 Å². The Kier molecular flexibility index (Phi) is 3.83. The number of nitrogens with zero attached hydrogens (tertiary/aromatic N) is 2. The summed E-state index contributed by atoms with van der Waals surface area (Å²) in [5.74, 6) is 1.74. The van der Waals surface area contributed by atoms with Crippen LogP contribution in [0.15, 0.2) is 34.8 Å². The summed E-state index contributed by atoms with van der Waals surface area (Å²) in [4.78, 5) is 0. The monoisotopic (exact) mass is 333 g/mol. The van der Waals surface area contributed by atoms with Crippen LogP contribution < -0.4 is 5.32 Å². The number of rotatable bonds is 3. The molecule has 20 heavy (non-hydrogen) atoms. The molecule has 1 aromatic heterocycles. The number of anilines is 1. The van der Waals surface area contributed by atoms with E-state index in [-0.39, 0.29) is 0 Å². The van der Waals surface area contributed by atoms with E-state index in [1.54, 1.807) is 0 Å². The normalized spacial score (nSPS) is 17.9. The molecule has 1 unspecified atom stereocenters. The Balaban J connectivity index is 2.01. The van der Waals surface area contributed by atoms with Gasteiger partial charge in [0.1, 0.15) is 5.82 Å². The fourth-order valence-corrected chi connectivity index (χ4v) is 3.36. The van der Waals surface area contributed by atoms with Crippen molar-refractivity contribution in [3.05, 3.63) is 46.1 Å². The Bertz CT molecular complexity index is 589. The molecule has 2 aromatic rings. The zero-order valence-electron chi connectivity index (χ0n) is 11.9. The van der Waals surface area contributed by atoms with Gasteiger partial charge in [0.05, 0.1) is 16.2 Å². The highest BCUT2D eigenvalue weighted by Crippen LogP contribution is 2.36. The lowest BCUT2D eigenvalue weighted by Gasteiger charge is -2.26. The van der Waals surface area contributed by atoms with E-state index >= 15 is 0 Å². The lowest BCUT2D eigenvalue weighted by Crippen LogP contribution is -2.24. The zero-order valence-corrected chi connectivity index (χ0v) is 13.5. The lowest BCUT2D eigenvalue weighted by molar-refractivity contribution is 0.474. The van der Waals surface area contributed by atoms with Gasteiger partial charge in [-0.15, -0.1) is 0 Å². The van der Waals surface area contributed by atoms with E-state index in [0.29, 0.717) is 12.0 Å². The molecule has 106 valence electrons. The van der Waals surface area contributed by atoms with Gasteiger partial charge >= 0.3 is 0 Å². The summed E-state index contributed by atoms with van der Waals surface area (Å²) < 4.78 is 3.28. The van der Waals surface area contributed by atoms with Gasteiger partial charge in [-0.05, 0) is 40.3 Å². The standard InChI is InChI=1S/C16H20BrN3/c1-11(2)10-13-15(17)16-18-9-8-14(20(16)19-13)12-6-4-3-5-7-12/h3-7,11,14,18H,8-10H2,1-2H3. The predicted octanol–water partition coefficient (Wildman–Crippen LogP) is 4.25. The molecule has 0 spiro atoms. The smallest absolute Gasteiger partial charge is 0.139 e. The van der Waals surface area contributed by atoms with Crippen LogP contribution in [0, 0.1) is 5.92 Å². The number of aromatic nitrogens is 2. The maximum atomic E-state index is 4.86. The Hall–Kier alpha value is -1.29. The molecule has 3 rings (SSSR count). The van der Waals surface area contributed by atoms with Crippen LogP contribution in [-0.2, 0) is 6.42 Å². The number of hydrogen-bond donors (Lipinski definition) is 1. The van der Waals surface area contributed by atoms with Crippen LogP contribution >= 0.6 is 15.9 Å². The maximum absolute atomic E-state index is 4.86. The van der Waals surface area contributed by atoms with E-state index in [9.17, 15) is 0 Å². The summed E-state index contributed by atoms with van der Waals surface area (Å²) >= 11 is 3.72. The topological polar surface area (TPSA) is 29.9 Å². The highest BCUT2D eigenvalue weighted by Gasteiger charge is 2.26. The average molecular weight is 334 g/mol. The molecule has 1 atom stereocenters. The third-order valence-electron chi connectivity index (χ3n) is 3.71. The van der Waals surface area contributed by atoms with Gasteiger partial charge in [-0.2, -0.15) is 5.10 Å². The highest BCUT2D eigenvalue weighted by molar-refractivity contribution is 9.10. The quantitative estimate of drug-likeness (QED) is 0.909. The first-order valence-electron chi connectivity index (χ1n) is 7.22. The second kappa shape index (κ2) is 5.60. The number of benzene rings is 1. The summed E-state index contributed by atoms with van der Waals surface area (Å²) in [6.45, 7) is 5.45. The molecular formula is C16H20BrN3. The van der Waals surface area contributed by atoms with Gasteiger partial charge < -0.3 is 5.32 Å². The van der Waals surface area contributed by atoms with Crippen molar-refractivity contribution in [1.82, 2.24) is 9.78 Å². The van der Waals surface area contributed by atoms with Crippen LogP contribution in [-0.4, -0.2) is 16.3 Å². The minimum absolute atomic E-state index is 0.338. The molecule has 4 heteroatoms. The molecule has 1 N–H and O–H groups in total. The van der Waals surface area contributed by atoms with Crippen LogP contribution in [0.3, 0.4) is 0 Å². The molecule has 1 aliphatic rings. The molecule has 0 amide bonds. The van der Waals surface area contributed by atoms with Crippen LogP contribution in [0.4, 0.5) is 5.82 Å². The van der Waals surface area contributed by atoms with Crippen molar-refractivity contribution < 1.29 is 0 Å². The van der Waals surface area contributed by atoms with Crippen molar-refractivity contribution in [1.29, 1.82) is 0 Å². The Morgan fingerprint density at radius 2 is 2.10 bits per heavy atom. The maximum Gasteiger partial charge on any atom is 0.139 e. The van der Waals surface area contributed by atoms with Gasteiger partial charge in [0, 0.05) is 6.54 Å². The van der Waals surface area contributed by atoms with E-state index < -0.39 is 0 Å². The first kappa shape index (κ1) is 13.7. The fourth-order valence-electron chi connectivity index (χ4n) is 2.80. The summed E-state index contributed by atoms with van der Waals surface area (Å²) in [5, 5.41) is 8.33. The number of hydrogen-bond acceptors (Lipinski definition) is 2. The Morgan fingerprint density at radius 3 is 2.80 bits per heavy atom. The van der Waals surface area contributed by atoms with Crippen molar-refractivity contribution in [2.24, 2.45) is 5.92 Å².